The number of nitrogens with one attached hydrogen (secondary N) is 1. The largest absolute Gasteiger partial charge is 0.347 e. The van der Waals surface area contributed by atoms with Gasteiger partial charge in [-0.2, -0.15) is 0 Å². The molecule has 0 unspecified atom stereocenters. The zero-order valence-corrected chi connectivity index (χ0v) is 13.4. The number of nitrogens with zero attached hydrogens (tertiary/aromatic N) is 3. The minimum Gasteiger partial charge on any atom is -0.347 e. The van der Waals surface area contributed by atoms with Gasteiger partial charge in [-0.25, -0.2) is 0 Å². The Balaban J connectivity index is 1.65. The van der Waals surface area contributed by atoms with E-state index in [1.807, 2.05) is 17.0 Å². The maximum absolute atomic E-state index is 12.5. The van der Waals surface area contributed by atoms with Gasteiger partial charge in [0.25, 0.3) is 11.8 Å². The molecule has 1 saturated heterocycles. The molecule has 3 rings (SSSR count). The zero-order chi connectivity index (χ0) is 16.8. The average Bonchev–Trinajstić information content (AvgIpc) is 2.67. The lowest BCUT2D eigenvalue weighted by Crippen LogP contribution is -2.35. The predicted molar refractivity (Wildman–Crippen MR) is 89.4 cm³/mol. The highest BCUT2D eigenvalue weighted by Crippen LogP contribution is 2.13. The molecular weight excluding hydrogens is 304 g/mol. The molecule has 0 radical (unpaired) electrons. The van der Waals surface area contributed by atoms with Crippen molar-refractivity contribution in [3.63, 3.8) is 0 Å². The molecule has 0 aromatic carbocycles. The first kappa shape index (κ1) is 16.1. The molecule has 24 heavy (non-hydrogen) atoms. The normalized spacial score (nSPS) is 14.2. The van der Waals surface area contributed by atoms with Crippen molar-refractivity contribution in [3.05, 3.63) is 59.7 Å². The van der Waals surface area contributed by atoms with Crippen molar-refractivity contribution >= 4 is 11.8 Å². The van der Waals surface area contributed by atoms with Gasteiger partial charge in [0, 0.05) is 43.8 Å². The number of piperidine rings is 1. The Kier molecular flexibility index (Phi) is 5.15. The van der Waals surface area contributed by atoms with E-state index in [2.05, 4.69) is 15.3 Å². The highest BCUT2D eigenvalue weighted by atomic mass is 16.2. The molecule has 0 spiro atoms. The minimum atomic E-state index is -0.299. The quantitative estimate of drug-likeness (QED) is 0.934. The summed E-state index contributed by atoms with van der Waals surface area (Å²) in [6.07, 6.45) is 8.13. The zero-order valence-electron chi connectivity index (χ0n) is 13.4. The van der Waals surface area contributed by atoms with Crippen molar-refractivity contribution in [1.29, 1.82) is 0 Å². The standard InChI is InChI=1S/C18H20N4O2/c23-17(21-13-14-5-4-7-19-12-14)16-11-15(6-8-20-16)18(24)22-9-2-1-3-10-22/h4-8,11-12H,1-3,9-10,13H2,(H,21,23). The number of aromatic nitrogens is 2. The number of carbonyl (C=O) groups excluding carboxylic acids is 2. The molecule has 0 aliphatic carbocycles. The number of hydrogen-bond acceptors (Lipinski definition) is 4. The fourth-order valence-electron chi connectivity index (χ4n) is 2.74. The topological polar surface area (TPSA) is 75.2 Å². The Bertz CT molecular complexity index is 712. The predicted octanol–water partition coefficient (Wildman–Crippen LogP) is 2.03. The first-order chi connectivity index (χ1) is 11.7. The molecule has 0 saturated carbocycles. The first-order valence-corrected chi connectivity index (χ1v) is 8.16. The van der Waals surface area contributed by atoms with E-state index in [-0.39, 0.29) is 17.5 Å². The second-order valence-electron chi connectivity index (χ2n) is 5.83. The van der Waals surface area contributed by atoms with Crippen molar-refractivity contribution in [3.8, 4) is 0 Å². The van der Waals surface area contributed by atoms with Crippen molar-refractivity contribution in [2.75, 3.05) is 13.1 Å². The Morgan fingerprint density at radius 1 is 1.12 bits per heavy atom. The van der Waals surface area contributed by atoms with Gasteiger partial charge >= 0.3 is 0 Å². The van der Waals surface area contributed by atoms with Crippen LogP contribution in [0.3, 0.4) is 0 Å². The van der Waals surface area contributed by atoms with Crippen LogP contribution in [0.15, 0.2) is 42.9 Å². The van der Waals surface area contributed by atoms with Crippen LogP contribution in [0.25, 0.3) is 0 Å². The molecule has 2 aromatic heterocycles. The third-order valence-corrected chi connectivity index (χ3v) is 4.06. The molecule has 1 aliphatic rings. The number of carbonyl (C=O) groups is 2. The van der Waals surface area contributed by atoms with Crippen LogP contribution < -0.4 is 5.32 Å². The molecular formula is C18H20N4O2. The Morgan fingerprint density at radius 2 is 1.96 bits per heavy atom. The van der Waals surface area contributed by atoms with E-state index in [4.69, 9.17) is 0 Å². The maximum Gasteiger partial charge on any atom is 0.270 e. The lowest BCUT2D eigenvalue weighted by molar-refractivity contribution is 0.0724. The van der Waals surface area contributed by atoms with Gasteiger partial charge < -0.3 is 10.2 Å². The number of hydrogen-bond donors (Lipinski definition) is 1. The number of amides is 2. The first-order valence-electron chi connectivity index (χ1n) is 8.16. The van der Waals surface area contributed by atoms with Gasteiger partial charge in [0.15, 0.2) is 0 Å². The summed E-state index contributed by atoms with van der Waals surface area (Å²) in [4.78, 5) is 34.7. The molecule has 0 bridgehead atoms. The molecule has 1 aliphatic heterocycles. The summed E-state index contributed by atoms with van der Waals surface area (Å²) in [5.41, 5.74) is 1.67. The summed E-state index contributed by atoms with van der Waals surface area (Å²) in [6.45, 7) is 1.94. The van der Waals surface area contributed by atoms with Crippen LogP contribution in [-0.2, 0) is 6.54 Å². The Labute approximate surface area is 140 Å². The third-order valence-electron chi connectivity index (χ3n) is 4.06. The Hall–Kier alpha value is -2.76. The monoisotopic (exact) mass is 324 g/mol. The average molecular weight is 324 g/mol. The third kappa shape index (κ3) is 3.95. The van der Waals surface area contributed by atoms with Crippen molar-refractivity contribution in [2.24, 2.45) is 0 Å². The summed E-state index contributed by atoms with van der Waals surface area (Å²) >= 11 is 0. The van der Waals surface area contributed by atoms with Gasteiger partial charge in [-0.05, 0) is 43.0 Å². The summed E-state index contributed by atoms with van der Waals surface area (Å²) in [6, 6.07) is 6.93. The van der Waals surface area contributed by atoms with Crippen LogP contribution in [0.2, 0.25) is 0 Å². The molecule has 2 aromatic rings. The van der Waals surface area contributed by atoms with E-state index in [0.29, 0.717) is 12.1 Å². The van der Waals surface area contributed by atoms with E-state index in [1.165, 1.54) is 12.6 Å². The summed E-state index contributed by atoms with van der Waals surface area (Å²) < 4.78 is 0. The number of likely N-dealkylation sites (tertiary alicyclic amines) is 1. The van der Waals surface area contributed by atoms with Crippen LogP contribution in [0.1, 0.15) is 45.7 Å². The van der Waals surface area contributed by atoms with Gasteiger partial charge in [0.05, 0.1) is 0 Å². The lowest BCUT2D eigenvalue weighted by atomic mass is 10.1. The fourth-order valence-corrected chi connectivity index (χ4v) is 2.74. The van der Waals surface area contributed by atoms with Gasteiger partial charge in [0.2, 0.25) is 0 Å². The van der Waals surface area contributed by atoms with E-state index in [9.17, 15) is 9.59 Å². The molecule has 6 nitrogen and oxygen atoms in total. The number of rotatable bonds is 4. The molecule has 0 atom stereocenters. The lowest BCUT2D eigenvalue weighted by Gasteiger charge is -2.26. The molecule has 3 heterocycles. The molecule has 1 fully saturated rings. The van der Waals surface area contributed by atoms with E-state index >= 15 is 0 Å². The van der Waals surface area contributed by atoms with Crippen LogP contribution in [0.5, 0.6) is 0 Å². The van der Waals surface area contributed by atoms with Crippen LogP contribution in [-0.4, -0.2) is 39.8 Å². The summed E-state index contributed by atoms with van der Waals surface area (Å²) in [5.74, 6) is -0.328. The van der Waals surface area contributed by atoms with Crippen LogP contribution in [0.4, 0.5) is 0 Å². The van der Waals surface area contributed by atoms with Gasteiger partial charge in [-0.1, -0.05) is 6.07 Å². The summed E-state index contributed by atoms with van der Waals surface area (Å²) in [5, 5.41) is 2.79. The van der Waals surface area contributed by atoms with Crippen molar-refractivity contribution < 1.29 is 9.59 Å². The molecule has 2 amide bonds. The second kappa shape index (κ2) is 7.68. The second-order valence-corrected chi connectivity index (χ2v) is 5.83. The van der Waals surface area contributed by atoms with Crippen LogP contribution >= 0.6 is 0 Å². The van der Waals surface area contributed by atoms with E-state index < -0.39 is 0 Å². The maximum atomic E-state index is 12.5. The van der Waals surface area contributed by atoms with Crippen molar-refractivity contribution in [2.45, 2.75) is 25.8 Å². The van der Waals surface area contributed by atoms with E-state index in [1.54, 1.807) is 24.5 Å². The minimum absolute atomic E-state index is 0.0293. The van der Waals surface area contributed by atoms with Crippen molar-refractivity contribution in [1.82, 2.24) is 20.2 Å². The van der Waals surface area contributed by atoms with Gasteiger partial charge in [-0.15, -0.1) is 0 Å². The van der Waals surface area contributed by atoms with Crippen LogP contribution in [0, 0.1) is 0 Å². The molecule has 6 heteroatoms. The highest BCUT2D eigenvalue weighted by molar-refractivity contribution is 5.98. The molecule has 124 valence electrons. The highest BCUT2D eigenvalue weighted by Gasteiger charge is 2.19. The SMILES string of the molecule is O=C(NCc1cccnc1)c1cc(C(=O)N2CCCCC2)ccn1. The van der Waals surface area contributed by atoms with E-state index in [0.717, 1.165) is 31.5 Å². The smallest absolute Gasteiger partial charge is 0.270 e. The van der Waals surface area contributed by atoms with Gasteiger partial charge in [0.1, 0.15) is 5.69 Å². The number of pyridine rings is 2. The molecule has 1 N–H and O–H groups in total. The van der Waals surface area contributed by atoms with Gasteiger partial charge in [-0.3, -0.25) is 19.6 Å². The summed E-state index contributed by atoms with van der Waals surface area (Å²) in [7, 11) is 0. The Morgan fingerprint density at radius 3 is 2.71 bits per heavy atom. The fraction of sp³-hybridized carbons (Fsp3) is 0.333.